The first-order valence-corrected chi connectivity index (χ1v) is 11.3. The second-order valence-corrected chi connectivity index (χ2v) is 10.8. The maximum Gasteiger partial charge on any atom is 0.303 e. The highest BCUT2D eigenvalue weighted by Crippen LogP contribution is 2.68. The normalized spacial score (nSPS) is 50.6. The van der Waals surface area contributed by atoms with E-state index in [0.29, 0.717) is 17.3 Å². The number of carbonyl (C=O) groups is 1. The van der Waals surface area contributed by atoms with Gasteiger partial charge in [-0.1, -0.05) is 26.7 Å². The lowest BCUT2D eigenvalue weighted by Gasteiger charge is -2.64. The van der Waals surface area contributed by atoms with E-state index >= 15 is 0 Å². The average Bonchev–Trinajstić information content (AvgIpc) is 2.92. The standard InChI is InChI=1S/C23H39NO2/c1-21-14-11-19-17(10-15-23(24)13-4-3-12-22(19,23)2)18(21)9-8-16(21)6-5-7-20(25)26/h16-19H,3-15,24H2,1-2H3,(H,25,26)/t16-,17?,18?,19?,21+,22+,23+/m0/s1. The van der Waals surface area contributed by atoms with Crippen LogP contribution in [0.3, 0.4) is 0 Å². The Bertz CT molecular complexity index is 562. The molecule has 0 aromatic rings. The molecule has 0 aliphatic heterocycles. The van der Waals surface area contributed by atoms with Gasteiger partial charge in [-0.05, 0) is 98.7 Å². The number of carboxylic acids is 1. The zero-order valence-corrected chi connectivity index (χ0v) is 16.9. The van der Waals surface area contributed by atoms with Crippen LogP contribution in [0.25, 0.3) is 0 Å². The van der Waals surface area contributed by atoms with Crippen molar-refractivity contribution >= 4 is 5.97 Å². The van der Waals surface area contributed by atoms with Crippen molar-refractivity contribution in [2.75, 3.05) is 0 Å². The fourth-order valence-corrected chi connectivity index (χ4v) is 8.42. The Morgan fingerprint density at radius 3 is 2.54 bits per heavy atom. The molecule has 0 aromatic heterocycles. The number of hydrogen-bond acceptors (Lipinski definition) is 2. The number of carboxylic acid groups (broad SMARTS) is 1. The van der Waals surface area contributed by atoms with E-state index in [2.05, 4.69) is 13.8 Å². The second-order valence-electron chi connectivity index (χ2n) is 10.8. The minimum Gasteiger partial charge on any atom is -0.481 e. The van der Waals surface area contributed by atoms with E-state index in [-0.39, 0.29) is 5.54 Å². The summed E-state index contributed by atoms with van der Waals surface area (Å²) in [6, 6.07) is 0. The number of fused-ring (bicyclic) bond motifs is 5. The van der Waals surface area contributed by atoms with Crippen LogP contribution in [0.4, 0.5) is 0 Å². The number of hydrogen-bond donors (Lipinski definition) is 2. The highest BCUT2D eigenvalue weighted by atomic mass is 16.4. The van der Waals surface area contributed by atoms with Gasteiger partial charge in [0.1, 0.15) is 0 Å². The average molecular weight is 362 g/mol. The van der Waals surface area contributed by atoms with Crippen LogP contribution in [-0.4, -0.2) is 16.6 Å². The van der Waals surface area contributed by atoms with Gasteiger partial charge in [0.15, 0.2) is 0 Å². The lowest BCUT2D eigenvalue weighted by molar-refractivity contribution is -0.137. The van der Waals surface area contributed by atoms with E-state index in [1.54, 1.807) is 0 Å². The summed E-state index contributed by atoms with van der Waals surface area (Å²) in [7, 11) is 0. The van der Waals surface area contributed by atoms with Gasteiger partial charge in [0.2, 0.25) is 0 Å². The van der Waals surface area contributed by atoms with Crippen molar-refractivity contribution in [2.24, 2.45) is 40.2 Å². The van der Waals surface area contributed by atoms with Crippen molar-refractivity contribution in [3.63, 3.8) is 0 Å². The zero-order valence-electron chi connectivity index (χ0n) is 16.9. The first-order chi connectivity index (χ1) is 12.3. The summed E-state index contributed by atoms with van der Waals surface area (Å²) in [6.07, 6.45) is 15.6. The van der Waals surface area contributed by atoms with Gasteiger partial charge < -0.3 is 10.8 Å². The van der Waals surface area contributed by atoms with Crippen LogP contribution in [0.1, 0.15) is 97.3 Å². The smallest absolute Gasteiger partial charge is 0.303 e. The molecule has 0 radical (unpaired) electrons. The summed E-state index contributed by atoms with van der Waals surface area (Å²) in [5.74, 6) is 2.68. The van der Waals surface area contributed by atoms with Crippen molar-refractivity contribution in [3.05, 3.63) is 0 Å². The Morgan fingerprint density at radius 2 is 1.77 bits per heavy atom. The van der Waals surface area contributed by atoms with Crippen molar-refractivity contribution in [1.29, 1.82) is 0 Å². The number of nitrogens with two attached hydrogens (primary N) is 1. The lowest BCUT2D eigenvalue weighted by atomic mass is 9.42. The molecule has 0 heterocycles. The molecule has 0 aromatic carbocycles. The molecule has 3 N–H and O–H groups in total. The first-order valence-electron chi connectivity index (χ1n) is 11.3. The van der Waals surface area contributed by atoms with Crippen LogP contribution >= 0.6 is 0 Å². The molecule has 4 aliphatic rings. The van der Waals surface area contributed by atoms with E-state index in [4.69, 9.17) is 10.8 Å². The lowest BCUT2D eigenvalue weighted by Crippen LogP contribution is -2.65. The van der Waals surface area contributed by atoms with Crippen LogP contribution in [0.2, 0.25) is 0 Å². The van der Waals surface area contributed by atoms with Gasteiger partial charge in [-0.2, -0.15) is 0 Å². The Labute approximate surface area is 159 Å². The predicted molar refractivity (Wildman–Crippen MR) is 105 cm³/mol. The third-order valence-electron chi connectivity index (χ3n) is 10.0. The van der Waals surface area contributed by atoms with E-state index in [9.17, 15) is 4.79 Å². The van der Waals surface area contributed by atoms with Crippen molar-refractivity contribution in [1.82, 2.24) is 0 Å². The highest BCUT2D eigenvalue weighted by Gasteiger charge is 2.62. The molecule has 0 spiro atoms. The van der Waals surface area contributed by atoms with Gasteiger partial charge in [0, 0.05) is 12.0 Å². The highest BCUT2D eigenvalue weighted by molar-refractivity contribution is 5.66. The number of rotatable bonds is 4. The SMILES string of the molecule is C[C@]12CCC3C(CC[C@]4(N)CCCC[C@]34C)C1CC[C@@H]2CCCC(=O)O. The molecular weight excluding hydrogens is 322 g/mol. The Kier molecular flexibility index (Phi) is 4.69. The van der Waals surface area contributed by atoms with Gasteiger partial charge in [-0.15, -0.1) is 0 Å². The third-order valence-corrected chi connectivity index (χ3v) is 10.0. The van der Waals surface area contributed by atoms with Gasteiger partial charge in [-0.25, -0.2) is 0 Å². The fraction of sp³-hybridized carbons (Fsp3) is 0.957. The molecule has 3 unspecified atom stereocenters. The topological polar surface area (TPSA) is 63.3 Å². The Balaban J connectivity index is 1.51. The molecule has 0 bridgehead atoms. The largest absolute Gasteiger partial charge is 0.481 e. The minimum absolute atomic E-state index is 0.0969. The van der Waals surface area contributed by atoms with Crippen LogP contribution in [-0.2, 0) is 4.79 Å². The maximum atomic E-state index is 10.9. The Morgan fingerprint density at radius 1 is 1.00 bits per heavy atom. The molecule has 3 heteroatoms. The van der Waals surface area contributed by atoms with E-state index in [1.807, 2.05) is 0 Å². The summed E-state index contributed by atoms with van der Waals surface area (Å²) in [5, 5.41) is 8.99. The van der Waals surface area contributed by atoms with Gasteiger partial charge in [0.05, 0.1) is 0 Å². The summed E-state index contributed by atoms with van der Waals surface area (Å²) in [6.45, 7) is 5.10. The summed E-state index contributed by atoms with van der Waals surface area (Å²) in [4.78, 5) is 10.9. The van der Waals surface area contributed by atoms with Crippen LogP contribution in [0, 0.1) is 34.5 Å². The molecule has 4 saturated carbocycles. The van der Waals surface area contributed by atoms with Crippen LogP contribution in [0.15, 0.2) is 0 Å². The van der Waals surface area contributed by atoms with Gasteiger partial charge in [-0.3, -0.25) is 4.79 Å². The first kappa shape index (κ1) is 18.8. The molecule has 7 atom stereocenters. The van der Waals surface area contributed by atoms with Crippen molar-refractivity contribution in [3.8, 4) is 0 Å². The fourth-order valence-electron chi connectivity index (χ4n) is 8.42. The number of aliphatic carboxylic acids is 1. The quantitative estimate of drug-likeness (QED) is 0.707. The van der Waals surface area contributed by atoms with Crippen LogP contribution < -0.4 is 5.73 Å². The molecular formula is C23H39NO2. The van der Waals surface area contributed by atoms with E-state index < -0.39 is 5.97 Å². The maximum absolute atomic E-state index is 10.9. The molecule has 4 fully saturated rings. The summed E-state index contributed by atoms with van der Waals surface area (Å²) >= 11 is 0. The zero-order chi connectivity index (χ0) is 18.6. The molecule has 3 nitrogen and oxygen atoms in total. The molecule has 148 valence electrons. The molecule has 4 rings (SSSR count). The molecule has 0 saturated heterocycles. The summed E-state index contributed by atoms with van der Waals surface area (Å²) in [5.41, 5.74) is 7.95. The Hall–Kier alpha value is -0.570. The van der Waals surface area contributed by atoms with Gasteiger partial charge >= 0.3 is 5.97 Å². The van der Waals surface area contributed by atoms with Crippen LogP contribution in [0.5, 0.6) is 0 Å². The minimum atomic E-state index is -0.634. The van der Waals surface area contributed by atoms with Crippen molar-refractivity contribution < 1.29 is 9.90 Å². The second kappa shape index (κ2) is 6.50. The molecule has 26 heavy (non-hydrogen) atoms. The molecule has 0 amide bonds. The van der Waals surface area contributed by atoms with Crippen molar-refractivity contribution in [2.45, 2.75) is 103 Å². The summed E-state index contributed by atoms with van der Waals surface area (Å²) < 4.78 is 0. The molecule has 4 aliphatic carbocycles. The third kappa shape index (κ3) is 2.67. The predicted octanol–water partition coefficient (Wildman–Crippen LogP) is 5.37. The van der Waals surface area contributed by atoms with E-state index in [1.165, 1.54) is 64.2 Å². The van der Waals surface area contributed by atoms with Gasteiger partial charge in [0.25, 0.3) is 0 Å². The monoisotopic (exact) mass is 361 g/mol. The van der Waals surface area contributed by atoms with E-state index in [0.717, 1.165) is 36.5 Å².